The van der Waals surface area contributed by atoms with Crippen LogP contribution in [0.15, 0.2) is 58.7 Å². The van der Waals surface area contributed by atoms with Crippen LogP contribution in [0.3, 0.4) is 0 Å². The first kappa shape index (κ1) is 18.3. The zero-order valence-corrected chi connectivity index (χ0v) is 16.1. The Hall–Kier alpha value is -4.07. The van der Waals surface area contributed by atoms with Gasteiger partial charge in [0.25, 0.3) is 5.91 Å². The molecule has 0 aliphatic rings. The summed E-state index contributed by atoms with van der Waals surface area (Å²) in [6.45, 7) is 3.81. The fourth-order valence-corrected chi connectivity index (χ4v) is 3.22. The molecular weight excluding hydrogens is 366 g/mol. The van der Waals surface area contributed by atoms with Crippen molar-refractivity contribution in [2.45, 2.75) is 13.8 Å². The molecule has 4 rings (SSSR count). The minimum Gasteiger partial charge on any atom is -0.369 e. The number of guanidine groups is 1. The van der Waals surface area contributed by atoms with Gasteiger partial charge in [0.1, 0.15) is 5.69 Å². The van der Waals surface area contributed by atoms with Crippen molar-refractivity contribution >= 4 is 45.1 Å². The zero-order valence-electron chi connectivity index (χ0n) is 16.1. The standard InChI is InChI=1S/C21H21N7O/c1-11-7-14-3-5-16(10-18(14)24-11)25-20(29)19-9-15-8-13(4-6-17(15)26-19)12(2)27-28-21(22)23/h3-10,24,26H,1-2H3,(H,25,29)(H4,22,23,28)/b27-12+. The van der Waals surface area contributed by atoms with E-state index in [1.165, 1.54) is 0 Å². The summed E-state index contributed by atoms with van der Waals surface area (Å²) in [6.07, 6.45) is 0. The van der Waals surface area contributed by atoms with Gasteiger partial charge >= 0.3 is 0 Å². The Morgan fingerprint density at radius 1 is 0.931 bits per heavy atom. The van der Waals surface area contributed by atoms with Crippen LogP contribution in [-0.2, 0) is 0 Å². The second-order valence-electron chi connectivity index (χ2n) is 6.90. The van der Waals surface area contributed by atoms with Gasteiger partial charge in [-0.25, -0.2) is 0 Å². The highest BCUT2D eigenvalue weighted by Crippen LogP contribution is 2.22. The maximum Gasteiger partial charge on any atom is 0.272 e. The summed E-state index contributed by atoms with van der Waals surface area (Å²) in [4.78, 5) is 19.1. The Morgan fingerprint density at radius 2 is 1.76 bits per heavy atom. The molecule has 0 aliphatic heterocycles. The quantitative estimate of drug-likeness (QED) is 0.209. The van der Waals surface area contributed by atoms with E-state index in [4.69, 9.17) is 11.5 Å². The van der Waals surface area contributed by atoms with Crippen LogP contribution in [-0.4, -0.2) is 27.5 Å². The number of nitrogens with two attached hydrogens (primary N) is 2. The lowest BCUT2D eigenvalue weighted by molar-refractivity contribution is 0.102. The number of hydrogen-bond acceptors (Lipinski definition) is 3. The first-order valence-corrected chi connectivity index (χ1v) is 9.06. The third kappa shape index (κ3) is 3.81. The number of aryl methyl sites for hydroxylation is 1. The summed E-state index contributed by atoms with van der Waals surface area (Å²) in [7, 11) is 0. The number of amides is 1. The predicted molar refractivity (Wildman–Crippen MR) is 117 cm³/mol. The maximum atomic E-state index is 12.7. The number of hydrogen-bond donors (Lipinski definition) is 5. The lowest BCUT2D eigenvalue weighted by atomic mass is 10.1. The molecule has 1 amide bonds. The van der Waals surface area contributed by atoms with Gasteiger partial charge in [-0.3, -0.25) is 4.79 Å². The van der Waals surface area contributed by atoms with Gasteiger partial charge in [0.15, 0.2) is 0 Å². The van der Waals surface area contributed by atoms with Crippen LogP contribution in [0.4, 0.5) is 5.69 Å². The molecule has 0 radical (unpaired) electrons. The number of anilines is 1. The van der Waals surface area contributed by atoms with Crippen LogP contribution in [0.25, 0.3) is 21.8 Å². The number of benzene rings is 2. The van der Waals surface area contributed by atoms with Crippen molar-refractivity contribution in [3.05, 3.63) is 65.5 Å². The number of fused-ring (bicyclic) bond motifs is 2. The molecule has 2 aromatic heterocycles. The van der Waals surface area contributed by atoms with Crippen molar-refractivity contribution in [3.63, 3.8) is 0 Å². The molecule has 0 bridgehead atoms. The van der Waals surface area contributed by atoms with Crippen LogP contribution in [0.5, 0.6) is 0 Å². The number of nitrogens with zero attached hydrogens (tertiary/aromatic N) is 2. The number of aromatic amines is 2. The summed E-state index contributed by atoms with van der Waals surface area (Å²) in [5, 5.41) is 12.6. The summed E-state index contributed by atoms with van der Waals surface area (Å²) < 4.78 is 0. The van der Waals surface area contributed by atoms with E-state index in [9.17, 15) is 4.79 Å². The maximum absolute atomic E-state index is 12.7. The van der Waals surface area contributed by atoms with Crippen LogP contribution in [0, 0.1) is 6.92 Å². The van der Waals surface area contributed by atoms with E-state index in [2.05, 4.69) is 31.6 Å². The highest BCUT2D eigenvalue weighted by Gasteiger charge is 2.11. The highest BCUT2D eigenvalue weighted by atomic mass is 16.1. The number of carbonyl (C=O) groups is 1. The van der Waals surface area contributed by atoms with Gasteiger partial charge in [0.2, 0.25) is 5.96 Å². The van der Waals surface area contributed by atoms with E-state index in [0.717, 1.165) is 38.8 Å². The number of carbonyl (C=O) groups excluding carboxylic acids is 1. The molecule has 146 valence electrons. The molecule has 0 atom stereocenters. The Labute approximate surface area is 166 Å². The number of nitrogens with one attached hydrogen (secondary N) is 3. The third-order valence-corrected chi connectivity index (χ3v) is 4.61. The topological polar surface area (TPSA) is 137 Å². The van der Waals surface area contributed by atoms with Gasteiger partial charge in [-0.05, 0) is 61.2 Å². The number of aromatic nitrogens is 2. The van der Waals surface area contributed by atoms with Crippen molar-refractivity contribution in [2.24, 2.45) is 21.7 Å². The summed E-state index contributed by atoms with van der Waals surface area (Å²) in [5.74, 6) is -0.310. The molecule has 8 nitrogen and oxygen atoms in total. The molecule has 0 spiro atoms. The Bertz CT molecular complexity index is 1290. The smallest absolute Gasteiger partial charge is 0.272 e. The number of H-pyrrole nitrogens is 2. The molecule has 0 unspecified atom stereocenters. The van der Waals surface area contributed by atoms with Crippen LogP contribution in [0.2, 0.25) is 0 Å². The Kier molecular flexibility index (Phi) is 4.52. The molecule has 4 aromatic rings. The summed E-state index contributed by atoms with van der Waals surface area (Å²) in [6, 6.07) is 15.4. The lowest BCUT2D eigenvalue weighted by Gasteiger charge is -2.03. The van der Waals surface area contributed by atoms with Crippen molar-refractivity contribution < 1.29 is 4.79 Å². The highest BCUT2D eigenvalue weighted by molar-refractivity contribution is 6.08. The van der Waals surface area contributed by atoms with E-state index < -0.39 is 0 Å². The minimum atomic E-state index is -0.212. The summed E-state index contributed by atoms with van der Waals surface area (Å²) >= 11 is 0. The molecule has 2 heterocycles. The lowest BCUT2D eigenvalue weighted by Crippen LogP contribution is -2.22. The molecule has 0 saturated heterocycles. The largest absolute Gasteiger partial charge is 0.369 e. The molecule has 0 saturated carbocycles. The third-order valence-electron chi connectivity index (χ3n) is 4.61. The second-order valence-corrected chi connectivity index (χ2v) is 6.90. The van der Waals surface area contributed by atoms with E-state index in [0.29, 0.717) is 11.4 Å². The second kappa shape index (κ2) is 7.16. The van der Waals surface area contributed by atoms with E-state index >= 15 is 0 Å². The van der Waals surface area contributed by atoms with Gasteiger partial charge in [0.05, 0.1) is 5.71 Å². The fraction of sp³-hybridized carbons (Fsp3) is 0.0952. The average Bonchev–Trinajstić information content (AvgIpc) is 3.27. The predicted octanol–water partition coefficient (Wildman–Crippen LogP) is 3.21. The van der Waals surface area contributed by atoms with Gasteiger partial charge < -0.3 is 26.8 Å². The van der Waals surface area contributed by atoms with Crippen LogP contribution < -0.4 is 16.8 Å². The van der Waals surface area contributed by atoms with Gasteiger partial charge in [-0.2, -0.15) is 5.10 Å². The molecule has 7 N–H and O–H groups in total. The molecular formula is C21H21N7O. The van der Waals surface area contributed by atoms with E-state index in [-0.39, 0.29) is 11.9 Å². The van der Waals surface area contributed by atoms with Crippen molar-refractivity contribution in [1.29, 1.82) is 0 Å². The SMILES string of the molecule is C/C(=N\N=C(N)N)c1ccc2[nH]c(C(=O)Nc3ccc4cc(C)[nH]c4c3)cc2c1. The van der Waals surface area contributed by atoms with Crippen molar-refractivity contribution in [1.82, 2.24) is 9.97 Å². The summed E-state index contributed by atoms with van der Waals surface area (Å²) in [5.41, 5.74) is 16.3. The Balaban J connectivity index is 1.58. The van der Waals surface area contributed by atoms with Gasteiger partial charge in [-0.15, -0.1) is 5.10 Å². The first-order chi connectivity index (χ1) is 13.9. The van der Waals surface area contributed by atoms with Crippen molar-refractivity contribution in [3.8, 4) is 0 Å². The minimum absolute atomic E-state index is 0.0984. The van der Waals surface area contributed by atoms with E-state index in [1.807, 2.05) is 50.2 Å². The molecule has 0 aliphatic carbocycles. The number of rotatable bonds is 4. The Morgan fingerprint density at radius 3 is 2.55 bits per heavy atom. The van der Waals surface area contributed by atoms with Crippen LogP contribution >= 0.6 is 0 Å². The van der Waals surface area contributed by atoms with E-state index in [1.54, 1.807) is 6.07 Å². The first-order valence-electron chi connectivity index (χ1n) is 9.06. The monoisotopic (exact) mass is 387 g/mol. The molecule has 2 aromatic carbocycles. The molecule has 0 fully saturated rings. The zero-order chi connectivity index (χ0) is 20.5. The van der Waals surface area contributed by atoms with Crippen LogP contribution in [0.1, 0.15) is 28.7 Å². The van der Waals surface area contributed by atoms with Gasteiger partial charge in [0, 0.05) is 27.8 Å². The van der Waals surface area contributed by atoms with Gasteiger partial charge in [-0.1, -0.05) is 12.1 Å². The molecule has 29 heavy (non-hydrogen) atoms. The molecule has 8 heteroatoms. The fourth-order valence-electron chi connectivity index (χ4n) is 3.22. The van der Waals surface area contributed by atoms with Crippen molar-refractivity contribution in [2.75, 3.05) is 5.32 Å². The normalized spacial score (nSPS) is 11.7. The average molecular weight is 387 g/mol.